The van der Waals surface area contributed by atoms with Crippen LogP contribution in [0, 0.1) is 74.9 Å². The quantitative estimate of drug-likeness (QED) is 0.365. The van der Waals surface area contributed by atoms with E-state index in [1.54, 1.807) is 0 Å². The molecule has 3 heteroatoms. The molecule has 0 aromatic rings. The molecule has 0 N–H and O–H groups in total. The van der Waals surface area contributed by atoms with Crippen molar-refractivity contribution in [3.8, 4) is 5.40 Å². The van der Waals surface area contributed by atoms with Crippen molar-refractivity contribution in [2.24, 2.45) is 0 Å². The van der Waals surface area contributed by atoms with Crippen LogP contribution in [0.25, 0.3) is 0 Å². The molecular weight excluding hydrogens is 226 g/mol. The van der Waals surface area contributed by atoms with E-state index in [0.29, 0.717) is 0 Å². The van der Waals surface area contributed by atoms with Gasteiger partial charge in [-0.05, 0) is 64.2 Å². The third-order valence-electron chi connectivity index (χ3n) is 1.11. The van der Waals surface area contributed by atoms with E-state index < -0.39 is 0 Å². The second-order valence-electron chi connectivity index (χ2n) is 2.02. The molecule has 0 amide bonds. The first-order valence-corrected chi connectivity index (χ1v) is 4.17. The van der Waals surface area contributed by atoms with E-state index >= 15 is 0 Å². The molecule has 2 rings (SSSR count). The summed E-state index contributed by atoms with van der Waals surface area (Å²) in [6, 6.07) is 0. The molecule has 0 bridgehead atoms. The minimum atomic E-state index is 0. The second kappa shape index (κ2) is 15.9. The zero-order valence-electron chi connectivity index (χ0n) is 7.63. The molecule has 0 unspecified atom stereocenters. The van der Waals surface area contributed by atoms with Crippen molar-refractivity contribution in [3.05, 3.63) is 64.2 Å². The molecule has 2 aliphatic rings. The first kappa shape index (κ1) is 16.8. The fourth-order valence-corrected chi connectivity index (χ4v) is 0.642. The number of nitriles is 1. The van der Waals surface area contributed by atoms with Crippen molar-refractivity contribution < 1.29 is 21.7 Å². The molecule has 1 nitrogen and oxygen atoms in total. The summed E-state index contributed by atoms with van der Waals surface area (Å²) in [6.07, 6.45) is 20.0. The molecule has 0 aliphatic heterocycles. The van der Waals surface area contributed by atoms with E-state index in [-0.39, 0.29) is 21.7 Å². The Hall–Kier alpha value is 0.424. The average Bonchev–Trinajstić information content (AvgIpc) is 2.85. The normalized spacial score (nSPS) is 17.6. The van der Waals surface area contributed by atoms with Crippen molar-refractivity contribution in [1.82, 2.24) is 0 Å². The van der Waals surface area contributed by atoms with Crippen LogP contribution in [0.3, 0.4) is 0 Å². The smallest absolute Gasteiger partial charge is 0.696 e. The van der Waals surface area contributed by atoms with Crippen molar-refractivity contribution in [3.63, 3.8) is 0 Å². The van der Waals surface area contributed by atoms with E-state index in [9.17, 15) is 0 Å². The van der Waals surface area contributed by atoms with Crippen molar-refractivity contribution in [1.29, 1.82) is 5.26 Å². The molecule has 66 valence electrons. The van der Waals surface area contributed by atoms with Crippen LogP contribution in [0.15, 0.2) is 0 Å². The number of rotatable bonds is 0. The summed E-state index contributed by atoms with van der Waals surface area (Å²) in [5.74, 6) is 0. The molecule has 2 fully saturated rings. The summed E-state index contributed by atoms with van der Waals surface area (Å²) in [5, 5.41) is 8.47. The van der Waals surface area contributed by atoms with Gasteiger partial charge in [0.1, 0.15) is 0 Å². The molecule has 0 saturated heterocycles. The maximum Gasteiger partial charge on any atom is 4.00 e. The van der Waals surface area contributed by atoms with Crippen LogP contribution < -0.4 is 0 Å². The zero-order valence-corrected chi connectivity index (χ0v) is 10.0. The number of thiocyanates is 1. The van der Waals surface area contributed by atoms with Gasteiger partial charge >= 0.3 is 21.7 Å². The van der Waals surface area contributed by atoms with Crippen LogP contribution in [-0.2, 0) is 34.3 Å². The van der Waals surface area contributed by atoms with Gasteiger partial charge in [-0.15, -0.1) is 0 Å². The molecule has 14 heavy (non-hydrogen) atoms. The minimum Gasteiger partial charge on any atom is -0.696 e. The van der Waals surface area contributed by atoms with Gasteiger partial charge < -0.3 is 12.6 Å². The van der Waals surface area contributed by atoms with Crippen molar-refractivity contribution in [2.75, 3.05) is 0 Å². The van der Waals surface area contributed by atoms with Crippen LogP contribution >= 0.6 is 0 Å². The summed E-state index contributed by atoms with van der Waals surface area (Å²) >= 11 is 3.70. The first-order chi connectivity index (χ1) is 6.41. The fourth-order valence-electron chi connectivity index (χ4n) is 0.642. The molecule has 2 aliphatic carbocycles. The standard InChI is InChI=1S/2C5H5.CHNS.Ti/c2*1-2-4-5-3-1;2-1-3;/h2*1-5H;3H;/q;;;+4/p-1. The van der Waals surface area contributed by atoms with Gasteiger partial charge in [-0.3, -0.25) is 0 Å². The van der Waals surface area contributed by atoms with Crippen molar-refractivity contribution >= 4 is 12.6 Å². The van der Waals surface area contributed by atoms with E-state index in [4.69, 9.17) is 5.26 Å². The molecular formula is C11H10NSTi+3. The second-order valence-corrected chi connectivity index (χ2v) is 2.20. The maximum absolute atomic E-state index is 7.13. The van der Waals surface area contributed by atoms with Gasteiger partial charge in [0.15, 0.2) is 0 Å². The third kappa shape index (κ3) is 14.9. The van der Waals surface area contributed by atoms with Gasteiger partial charge in [-0.1, -0.05) is 5.40 Å². The summed E-state index contributed by atoms with van der Waals surface area (Å²) in [5.41, 5.74) is 0. The average molecular weight is 236 g/mol. The van der Waals surface area contributed by atoms with E-state index in [1.165, 1.54) is 5.40 Å². The topological polar surface area (TPSA) is 23.8 Å². The van der Waals surface area contributed by atoms with Gasteiger partial charge in [-0.25, -0.2) is 5.26 Å². The minimum absolute atomic E-state index is 0. The summed E-state index contributed by atoms with van der Waals surface area (Å²) in [4.78, 5) is 0. The molecule has 0 atom stereocenters. The van der Waals surface area contributed by atoms with Gasteiger partial charge in [-0.2, -0.15) is 0 Å². The van der Waals surface area contributed by atoms with Gasteiger partial charge in [0.05, 0.1) is 0 Å². The predicted molar refractivity (Wildman–Crippen MR) is 56.0 cm³/mol. The Bertz CT molecular complexity index is 101. The largest absolute Gasteiger partial charge is 4.00 e. The van der Waals surface area contributed by atoms with E-state index in [1.807, 2.05) is 64.2 Å². The summed E-state index contributed by atoms with van der Waals surface area (Å²) in [7, 11) is 0. The first-order valence-electron chi connectivity index (χ1n) is 3.76. The summed E-state index contributed by atoms with van der Waals surface area (Å²) < 4.78 is 0. The molecule has 0 heterocycles. The Kier molecular flexibility index (Phi) is 19.1. The monoisotopic (exact) mass is 236 g/mol. The predicted octanol–water partition coefficient (Wildman–Crippen LogP) is 2.05. The van der Waals surface area contributed by atoms with E-state index in [2.05, 4.69) is 12.6 Å². The summed E-state index contributed by atoms with van der Waals surface area (Å²) in [6.45, 7) is 0. The number of nitrogens with zero attached hydrogens (tertiary/aromatic N) is 1. The van der Waals surface area contributed by atoms with E-state index in [0.717, 1.165) is 0 Å². The molecule has 2 saturated carbocycles. The Balaban J connectivity index is 0. The molecule has 10 radical (unpaired) electrons. The van der Waals surface area contributed by atoms with Crippen molar-refractivity contribution in [2.45, 2.75) is 0 Å². The van der Waals surface area contributed by atoms with Crippen LogP contribution in [0.1, 0.15) is 0 Å². The molecule has 0 aromatic heterocycles. The Morgan fingerprint density at radius 2 is 0.714 bits per heavy atom. The Labute approximate surface area is 109 Å². The number of hydrogen-bond donors (Lipinski definition) is 0. The van der Waals surface area contributed by atoms with Crippen LogP contribution in [0.2, 0.25) is 0 Å². The van der Waals surface area contributed by atoms with Gasteiger partial charge in [0.25, 0.3) is 0 Å². The maximum atomic E-state index is 7.13. The molecule has 0 spiro atoms. The molecule has 0 aromatic carbocycles. The van der Waals surface area contributed by atoms with Crippen LogP contribution in [0.5, 0.6) is 0 Å². The van der Waals surface area contributed by atoms with Crippen LogP contribution in [-0.4, -0.2) is 0 Å². The van der Waals surface area contributed by atoms with Crippen LogP contribution in [0.4, 0.5) is 0 Å². The SMILES string of the molecule is N#C[S-].[CH]1[CH][CH][CH][CH]1.[CH]1[CH][CH][CH][CH]1.[Ti+4]. The number of hydrogen-bond acceptors (Lipinski definition) is 2. The van der Waals surface area contributed by atoms with Gasteiger partial charge in [0, 0.05) is 0 Å². The fraction of sp³-hybridized carbons (Fsp3) is 0. The van der Waals surface area contributed by atoms with Gasteiger partial charge in [0.2, 0.25) is 0 Å². The zero-order chi connectivity index (χ0) is 9.78. The Morgan fingerprint density at radius 1 is 0.643 bits per heavy atom. The Morgan fingerprint density at radius 3 is 0.786 bits per heavy atom. The third-order valence-corrected chi connectivity index (χ3v) is 1.11.